The number of carbonyl (C=O) groups excluding carboxylic acids is 1. The van der Waals surface area contributed by atoms with Crippen molar-refractivity contribution < 1.29 is 40.3 Å². The zero-order valence-electron chi connectivity index (χ0n) is 18.5. The van der Waals surface area contributed by atoms with E-state index in [1.807, 2.05) is 0 Å². The topological polar surface area (TPSA) is 38.3 Å². The zero-order chi connectivity index (χ0) is 26.0. The monoisotopic (exact) mass is 499 g/mol. The summed E-state index contributed by atoms with van der Waals surface area (Å²) in [6, 6.07) is 16.0. The highest BCUT2D eigenvalue weighted by Crippen LogP contribution is 2.54. The summed E-state index contributed by atoms with van der Waals surface area (Å²) in [6.07, 6.45) is -12.4. The third-order valence-electron chi connectivity index (χ3n) is 5.24. The number of hydrogen-bond donors (Lipinski definition) is 1. The first-order valence-electron chi connectivity index (χ1n) is 10.3. The number of halogens is 7. The van der Waals surface area contributed by atoms with E-state index >= 15 is 0 Å². The Morgan fingerprint density at radius 1 is 0.800 bits per heavy atom. The summed E-state index contributed by atoms with van der Waals surface area (Å²) in [5.74, 6) is -0.311. The van der Waals surface area contributed by atoms with Crippen molar-refractivity contribution in [3.8, 4) is 5.75 Å². The molecule has 1 amide bonds. The number of nitrogens with one attached hydrogen (secondary N) is 1. The van der Waals surface area contributed by atoms with Crippen molar-refractivity contribution in [1.29, 1.82) is 0 Å². The predicted octanol–water partition coefficient (Wildman–Crippen LogP) is 7.42. The fraction of sp³-hybridized carbons (Fsp3) is 0.240. The molecule has 35 heavy (non-hydrogen) atoms. The van der Waals surface area contributed by atoms with Crippen LogP contribution in [0.2, 0.25) is 0 Å². The number of amides is 1. The Bertz CT molecular complexity index is 1170. The van der Waals surface area contributed by atoms with E-state index in [2.05, 4.69) is 5.32 Å². The van der Waals surface area contributed by atoms with Gasteiger partial charge in [-0.1, -0.05) is 30.3 Å². The van der Waals surface area contributed by atoms with E-state index in [1.165, 1.54) is 13.8 Å². The van der Waals surface area contributed by atoms with Gasteiger partial charge in [0.05, 0.1) is 0 Å². The predicted molar refractivity (Wildman–Crippen MR) is 116 cm³/mol. The molecule has 0 bridgehead atoms. The third-order valence-corrected chi connectivity index (χ3v) is 5.24. The molecule has 0 spiro atoms. The number of anilines is 1. The highest BCUT2D eigenvalue weighted by atomic mass is 19.4. The molecule has 3 aromatic rings. The van der Waals surface area contributed by atoms with Gasteiger partial charge < -0.3 is 10.1 Å². The molecule has 1 N–H and O–H groups in total. The first kappa shape index (κ1) is 26.1. The van der Waals surface area contributed by atoms with Crippen molar-refractivity contribution in [3.63, 3.8) is 0 Å². The molecule has 186 valence electrons. The lowest BCUT2D eigenvalue weighted by Gasteiger charge is -2.31. The van der Waals surface area contributed by atoms with Crippen LogP contribution in [0.3, 0.4) is 0 Å². The van der Waals surface area contributed by atoms with Crippen LogP contribution in [0.5, 0.6) is 5.75 Å². The Balaban J connectivity index is 1.80. The molecule has 10 heteroatoms. The summed E-state index contributed by atoms with van der Waals surface area (Å²) in [4.78, 5) is 12.3. The van der Waals surface area contributed by atoms with Gasteiger partial charge in [-0.25, -0.2) is 4.39 Å². The Morgan fingerprint density at radius 2 is 1.37 bits per heavy atom. The molecule has 0 saturated heterocycles. The summed E-state index contributed by atoms with van der Waals surface area (Å²) in [5.41, 5.74) is -5.79. The molecule has 0 heterocycles. The minimum absolute atomic E-state index is 0.0270. The molecule has 3 nitrogen and oxygen atoms in total. The molecule has 0 saturated carbocycles. The summed E-state index contributed by atoms with van der Waals surface area (Å²) in [7, 11) is 0. The Kier molecular flexibility index (Phi) is 7.14. The van der Waals surface area contributed by atoms with Crippen molar-refractivity contribution in [2.75, 3.05) is 5.32 Å². The molecule has 0 aliphatic heterocycles. The second kappa shape index (κ2) is 9.59. The average molecular weight is 499 g/mol. The molecule has 3 rings (SSSR count). The Labute approximate surface area is 196 Å². The molecule has 0 aromatic heterocycles. The average Bonchev–Trinajstić information content (AvgIpc) is 2.77. The van der Waals surface area contributed by atoms with Crippen LogP contribution in [0.4, 0.5) is 36.4 Å². The van der Waals surface area contributed by atoms with Crippen LogP contribution < -0.4 is 10.1 Å². The maximum Gasteiger partial charge on any atom is 0.435 e. The van der Waals surface area contributed by atoms with Crippen molar-refractivity contribution in [1.82, 2.24) is 0 Å². The lowest BCUT2D eigenvalue weighted by atomic mass is 9.91. The summed E-state index contributed by atoms with van der Waals surface area (Å²) in [6.45, 7) is 2.36. The highest BCUT2D eigenvalue weighted by molar-refractivity contribution is 6.04. The largest absolute Gasteiger partial charge is 0.488 e. The van der Waals surface area contributed by atoms with Gasteiger partial charge in [-0.2, -0.15) is 26.3 Å². The molecule has 0 aliphatic rings. The summed E-state index contributed by atoms with van der Waals surface area (Å²) < 4.78 is 98.7. The van der Waals surface area contributed by atoms with E-state index < -0.39 is 23.6 Å². The summed E-state index contributed by atoms with van der Waals surface area (Å²) >= 11 is 0. The van der Waals surface area contributed by atoms with E-state index in [4.69, 9.17) is 4.74 Å². The molecule has 0 radical (unpaired) electrons. The van der Waals surface area contributed by atoms with Crippen LogP contribution >= 0.6 is 0 Å². The number of hydrogen-bond acceptors (Lipinski definition) is 2. The van der Waals surface area contributed by atoms with Crippen molar-refractivity contribution >= 4 is 11.6 Å². The van der Waals surface area contributed by atoms with E-state index in [0.29, 0.717) is 28.9 Å². The minimum atomic E-state index is -6.20. The molecule has 0 atom stereocenters. The van der Waals surface area contributed by atoms with Gasteiger partial charge in [-0.05, 0) is 66.9 Å². The molecule has 0 unspecified atom stereocenters. The molecule has 0 fully saturated rings. The lowest BCUT2D eigenvalue weighted by molar-refractivity contribution is -0.348. The van der Waals surface area contributed by atoms with Gasteiger partial charge in [0.25, 0.3) is 5.91 Å². The van der Waals surface area contributed by atoms with Crippen LogP contribution in [0.1, 0.15) is 32.6 Å². The van der Waals surface area contributed by atoms with Gasteiger partial charge in [-0.15, -0.1) is 0 Å². The number of aryl methyl sites for hydroxylation is 2. The highest BCUT2D eigenvalue weighted by Gasteiger charge is 2.73. The van der Waals surface area contributed by atoms with E-state index in [-0.39, 0.29) is 29.4 Å². The number of alkyl halides is 7. The van der Waals surface area contributed by atoms with Crippen LogP contribution in [-0.4, -0.2) is 18.3 Å². The number of rotatable bonds is 6. The van der Waals surface area contributed by atoms with Crippen LogP contribution in [0.15, 0.2) is 66.7 Å². The van der Waals surface area contributed by atoms with E-state index in [9.17, 15) is 35.5 Å². The second-order valence-electron chi connectivity index (χ2n) is 7.90. The maximum absolute atomic E-state index is 14.4. The standard InChI is InChI=1S/C25H20F7NO2/c1-15-11-19(23(26,24(27,28)29)25(30,31)32)12-16(2)21(15)35-14-17-7-6-10-20(13-17)33-22(34)18-8-4-3-5-9-18/h3-13H,14H2,1-2H3,(H,33,34). The van der Waals surface area contributed by atoms with Gasteiger partial charge in [0.2, 0.25) is 0 Å². The number of benzene rings is 3. The Morgan fingerprint density at radius 3 is 1.91 bits per heavy atom. The SMILES string of the molecule is Cc1cc(C(F)(C(F)(F)F)C(F)(F)F)cc(C)c1OCc1cccc(NC(=O)c2ccccc2)c1. The minimum Gasteiger partial charge on any atom is -0.488 e. The van der Waals surface area contributed by atoms with Crippen LogP contribution in [0, 0.1) is 13.8 Å². The van der Waals surface area contributed by atoms with Gasteiger partial charge in [0.15, 0.2) is 0 Å². The summed E-state index contributed by atoms with van der Waals surface area (Å²) in [5, 5.41) is 2.72. The quantitative estimate of drug-likeness (QED) is 0.359. The fourth-order valence-electron chi connectivity index (χ4n) is 3.55. The van der Waals surface area contributed by atoms with Gasteiger partial charge in [0.1, 0.15) is 12.4 Å². The van der Waals surface area contributed by atoms with Crippen molar-refractivity contribution in [2.45, 2.75) is 38.5 Å². The zero-order valence-corrected chi connectivity index (χ0v) is 18.5. The van der Waals surface area contributed by atoms with Gasteiger partial charge >= 0.3 is 18.0 Å². The van der Waals surface area contributed by atoms with E-state index in [1.54, 1.807) is 54.6 Å². The van der Waals surface area contributed by atoms with Crippen molar-refractivity contribution in [3.05, 3.63) is 94.5 Å². The third kappa shape index (κ3) is 5.41. The normalized spacial score (nSPS) is 12.4. The molecule has 0 aliphatic carbocycles. The van der Waals surface area contributed by atoms with Crippen LogP contribution in [-0.2, 0) is 12.3 Å². The molecular formula is C25H20F7NO2. The van der Waals surface area contributed by atoms with Crippen molar-refractivity contribution in [2.24, 2.45) is 0 Å². The maximum atomic E-state index is 14.4. The first-order valence-corrected chi connectivity index (χ1v) is 10.3. The van der Waals surface area contributed by atoms with Gasteiger partial charge in [0, 0.05) is 16.8 Å². The van der Waals surface area contributed by atoms with Crippen LogP contribution in [0.25, 0.3) is 0 Å². The Hall–Kier alpha value is -3.56. The second-order valence-corrected chi connectivity index (χ2v) is 7.90. The van der Waals surface area contributed by atoms with Gasteiger partial charge in [-0.3, -0.25) is 4.79 Å². The first-order chi connectivity index (χ1) is 16.2. The smallest absolute Gasteiger partial charge is 0.435 e. The fourth-order valence-corrected chi connectivity index (χ4v) is 3.55. The lowest BCUT2D eigenvalue weighted by Crippen LogP contribution is -2.50. The van der Waals surface area contributed by atoms with E-state index in [0.717, 1.165) is 0 Å². The number of carbonyl (C=O) groups is 1. The molecular weight excluding hydrogens is 479 g/mol. The number of ether oxygens (including phenoxy) is 1. The molecule has 3 aromatic carbocycles.